The summed E-state index contributed by atoms with van der Waals surface area (Å²) in [5.74, 6) is 2.07. The fraction of sp³-hybridized carbons (Fsp3) is 0.250. The minimum Gasteiger partial charge on any atom is -0.495 e. The van der Waals surface area contributed by atoms with Crippen LogP contribution in [0.5, 0.6) is 17.2 Å². The number of anilines is 1. The number of hydrogen-bond donors (Lipinski definition) is 2. The van der Waals surface area contributed by atoms with E-state index in [1.165, 1.54) is 11.8 Å². The Balaban J connectivity index is 1.55. The minimum atomic E-state index is -0.270. The van der Waals surface area contributed by atoms with Crippen molar-refractivity contribution in [3.63, 3.8) is 0 Å². The molecule has 2 aliphatic rings. The maximum atomic E-state index is 12.4. The van der Waals surface area contributed by atoms with Gasteiger partial charge in [0.05, 0.1) is 17.7 Å². The van der Waals surface area contributed by atoms with Gasteiger partial charge in [-0.1, -0.05) is 17.8 Å². The van der Waals surface area contributed by atoms with Crippen molar-refractivity contribution < 1.29 is 19.0 Å². The fourth-order valence-electron chi connectivity index (χ4n) is 3.00. The first kappa shape index (κ1) is 17.6. The molecule has 0 aromatic heterocycles. The van der Waals surface area contributed by atoms with Gasteiger partial charge < -0.3 is 24.8 Å². The summed E-state index contributed by atoms with van der Waals surface area (Å²) in [7, 11) is 1.63. The highest BCUT2D eigenvalue weighted by molar-refractivity contribution is 8.05. The molecule has 4 rings (SSSR count). The third kappa shape index (κ3) is 3.55. The molecule has 2 N–H and O–H groups in total. The average Bonchev–Trinajstić information content (AvgIpc) is 3.21. The summed E-state index contributed by atoms with van der Waals surface area (Å²) in [6.07, 6.45) is 1.88. The third-order valence-corrected chi connectivity index (χ3v) is 5.45. The van der Waals surface area contributed by atoms with Crippen molar-refractivity contribution in [3.05, 3.63) is 51.9 Å². The van der Waals surface area contributed by atoms with Gasteiger partial charge in [0.15, 0.2) is 17.0 Å². The second-order valence-corrected chi connectivity index (χ2v) is 7.54. The van der Waals surface area contributed by atoms with Crippen molar-refractivity contribution in [3.8, 4) is 17.2 Å². The average molecular weight is 384 g/mol. The molecule has 0 radical (unpaired) electrons. The number of carbonyl (C=O) groups is 1. The third-order valence-electron chi connectivity index (χ3n) is 4.42. The van der Waals surface area contributed by atoms with E-state index in [0.717, 1.165) is 33.9 Å². The Bertz CT molecular complexity index is 942. The summed E-state index contributed by atoms with van der Waals surface area (Å²) in [5, 5.41) is 6.27. The Morgan fingerprint density at radius 2 is 2.00 bits per heavy atom. The van der Waals surface area contributed by atoms with Gasteiger partial charge >= 0.3 is 0 Å². The molecular weight excluding hydrogens is 364 g/mol. The maximum Gasteiger partial charge on any atom is 0.260 e. The van der Waals surface area contributed by atoms with E-state index in [4.69, 9.17) is 14.2 Å². The van der Waals surface area contributed by atoms with E-state index in [1.54, 1.807) is 7.11 Å². The van der Waals surface area contributed by atoms with Crippen LogP contribution in [0.1, 0.15) is 16.7 Å². The minimum absolute atomic E-state index is 0.110. The van der Waals surface area contributed by atoms with Gasteiger partial charge in [-0.3, -0.25) is 4.79 Å². The molecule has 1 unspecified atom stereocenters. The van der Waals surface area contributed by atoms with Crippen molar-refractivity contribution in [2.24, 2.45) is 0 Å². The van der Waals surface area contributed by atoms with Gasteiger partial charge in [-0.25, -0.2) is 0 Å². The van der Waals surface area contributed by atoms with E-state index < -0.39 is 0 Å². The lowest BCUT2D eigenvalue weighted by atomic mass is 10.1. The zero-order chi connectivity index (χ0) is 19.0. The SMILES string of the molecule is COc1ccc(C)cc1NC1NC(=O)/C(=C/c2cc3c(cc2C)OCO3)S1. The summed E-state index contributed by atoms with van der Waals surface area (Å²) < 4.78 is 16.2. The molecule has 7 heteroatoms. The van der Waals surface area contributed by atoms with Gasteiger partial charge in [0.1, 0.15) is 5.75 Å². The molecule has 2 aromatic carbocycles. The van der Waals surface area contributed by atoms with E-state index in [9.17, 15) is 4.79 Å². The predicted molar refractivity (Wildman–Crippen MR) is 106 cm³/mol. The van der Waals surface area contributed by atoms with Gasteiger partial charge in [-0.2, -0.15) is 0 Å². The number of aryl methyl sites for hydroxylation is 2. The number of nitrogens with one attached hydrogen (secondary N) is 2. The van der Waals surface area contributed by atoms with E-state index in [0.29, 0.717) is 10.7 Å². The molecule has 2 heterocycles. The molecule has 2 aromatic rings. The van der Waals surface area contributed by atoms with Gasteiger partial charge in [0.2, 0.25) is 6.79 Å². The number of fused-ring (bicyclic) bond motifs is 1. The van der Waals surface area contributed by atoms with E-state index >= 15 is 0 Å². The van der Waals surface area contributed by atoms with Crippen LogP contribution in [0.15, 0.2) is 35.2 Å². The molecule has 0 aliphatic carbocycles. The first-order valence-corrected chi connectivity index (χ1v) is 9.42. The molecule has 1 amide bonds. The normalized spacial score (nSPS) is 19.3. The van der Waals surface area contributed by atoms with Crippen LogP contribution in [-0.2, 0) is 4.79 Å². The Labute approximate surface area is 161 Å². The molecule has 1 fully saturated rings. The van der Waals surface area contributed by atoms with Crippen molar-refractivity contribution in [2.75, 3.05) is 19.2 Å². The molecule has 2 aliphatic heterocycles. The van der Waals surface area contributed by atoms with E-state index in [2.05, 4.69) is 10.6 Å². The van der Waals surface area contributed by atoms with E-state index in [-0.39, 0.29) is 18.2 Å². The van der Waals surface area contributed by atoms with Crippen LogP contribution in [0.25, 0.3) is 6.08 Å². The number of benzene rings is 2. The van der Waals surface area contributed by atoms with E-state index in [1.807, 2.05) is 50.3 Å². The predicted octanol–water partition coefficient (Wildman–Crippen LogP) is 3.64. The summed E-state index contributed by atoms with van der Waals surface area (Å²) in [6, 6.07) is 9.72. The zero-order valence-corrected chi connectivity index (χ0v) is 16.1. The monoisotopic (exact) mass is 384 g/mol. The van der Waals surface area contributed by atoms with Gasteiger partial charge in [-0.15, -0.1) is 0 Å². The molecule has 140 valence electrons. The molecule has 27 heavy (non-hydrogen) atoms. The number of methoxy groups -OCH3 is 1. The van der Waals surface area contributed by atoms with Gasteiger partial charge in [0.25, 0.3) is 5.91 Å². The van der Waals surface area contributed by atoms with Gasteiger partial charge in [0, 0.05) is 0 Å². The summed E-state index contributed by atoms with van der Waals surface area (Å²) in [4.78, 5) is 13.1. The largest absolute Gasteiger partial charge is 0.495 e. The lowest BCUT2D eigenvalue weighted by Crippen LogP contribution is -2.31. The number of ether oxygens (including phenoxy) is 3. The molecule has 1 atom stereocenters. The smallest absolute Gasteiger partial charge is 0.260 e. The highest BCUT2D eigenvalue weighted by Crippen LogP contribution is 2.38. The van der Waals surface area contributed by atoms with Crippen molar-refractivity contribution >= 4 is 29.4 Å². The topological polar surface area (TPSA) is 68.8 Å². The highest BCUT2D eigenvalue weighted by atomic mass is 32.2. The van der Waals surface area contributed by atoms with Crippen LogP contribution in [0.4, 0.5) is 5.69 Å². The maximum absolute atomic E-state index is 12.4. The Hall–Kier alpha value is -2.80. The number of hydrogen-bond acceptors (Lipinski definition) is 6. The van der Waals surface area contributed by atoms with Crippen LogP contribution in [0, 0.1) is 13.8 Å². The Kier molecular flexibility index (Phi) is 4.61. The van der Waals surface area contributed by atoms with Crippen molar-refractivity contribution in [1.82, 2.24) is 5.32 Å². The van der Waals surface area contributed by atoms with Crippen molar-refractivity contribution in [1.29, 1.82) is 0 Å². The molecule has 6 nitrogen and oxygen atoms in total. The molecular formula is C20H20N2O4S. The van der Waals surface area contributed by atoms with Crippen LogP contribution in [0.3, 0.4) is 0 Å². The van der Waals surface area contributed by atoms with Crippen LogP contribution in [-0.4, -0.2) is 25.3 Å². The van der Waals surface area contributed by atoms with Gasteiger partial charge in [-0.05, 0) is 60.9 Å². The second-order valence-electron chi connectivity index (χ2n) is 6.39. The summed E-state index contributed by atoms with van der Waals surface area (Å²) in [6.45, 7) is 4.23. The quantitative estimate of drug-likeness (QED) is 0.785. The van der Waals surface area contributed by atoms with Crippen LogP contribution >= 0.6 is 11.8 Å². The molecule has 0 bridgehead atoms. The first-order valence-electron chi connectivity index (χ1n) is 8.54. The zero-order valence-electron chi connectivity index (χ0n) is 15.3. The Morgan fingerprint density at radius 1 is 1.22 bits per heavy atom. The lowest BCUT2D eigenvalue weighted by Gasteiger charge is -2.16. The fourth-order valence-corrected chi connectivity index (χ4v) is 3.96. The molecule has 0 saturated carbocycles. The number of rotatable bonds is 4. The highest BCUT2D eigenvalue weighted by Gasteiger charge is 2.28. The number of thioether (sulfide) groups is 1. The van der Waals surface area contributed by atoms with Crippen molar-refractivity contribution in [2.45, 2.75) is 19.3 Å². The van der Waals surface area contributed by atoms with Crippen LogP contribution < -0.4 is 24.8 Å². The first-order chi connectivity index (χ1) is 13.0. The Morgan fingerprint density at radius 3 is 2.78 bits per heavy atom. The molecule has 1 saturated heterocycles. The second kappa shape index (κ2) is 7.08. The van der Waals surface area contributed by atoms with Crippen LogP contribution in [0.2, 0.25) is 0 Å². The summed E-state index contributed by atoms with van der Waals surface area (Å²) >= 11 is 1.44. The standard InChI is InChI=1S/C20H20N2O4S/c1-11-4-5-15(24-3)14(6-11)21-20-22-19(23)18(27-20)9-13-8-17-16(7-12(13)2)25-10-26-17/h4-9,20-21H,10H2,1-3H3,(H,22,23)/b18-9-. The molecule has 0 spiro atoms. The number of carbonyl (C=O) groups excluding carboxylic acids is 1. The number of amides is 1. The lowest BCUT2D eigenvalue weighted by molar-refractivity contribution is -0.116. The summed E-state index contributed by atoms with van der Waals surface area (Å²) in [5.41, 5.74) is 3.64.